The fourth-order valence-electron chi connectivity index (χ4n) is 5.95. The maximum atomic E-state index is 12.1. The molecule has 2 fully saturated rings. The van der Waals surface area contributed by atoms with E-state index in [1.54, 1.807) is 13.1 Å². The van der Waals surface area contributed by atoms with E-state index in [1.165, 1.54) is 0 Å². The molecule has 1 amide bonds. The predicted molar refractivity (Wildman–Crippen MR) is 143 cm³/mol. The first kappa shape index (κ1) is 24.4. The van der Waals surface area contributed by atoms with E-state index in [4.69, 9.17) is 20.4 Å². The number of aromatic amines is 1. The molecule has 2 aromatic heterocycles. The van der Waals surface area contributed by atoms with Gasteiger partial charge in [0, 0.05) is 44.7 Å². The summed E-state index contributed by atoms with van der Waals surface area (Å²) < 4.78 is 5.86. The third-order valence-corrected chi connectivity index (χ3v) is 8.37. The van der Waals surface area contributed by atoms with Crippen LogP contribution in [0, 0.1) is 16.7 Å². The number of rotatable bonds is 4. The van der Waals surface area contributed by atoms with Crippen molar-refractivity contribution in [1.29, 1.82) is 5.26 Å². The number of piperidine rings is 1. The molecule has 2 atom stereocenters. The molecular formula is C26H32N10O2. The van der Waals surface area contributed by atoms with Gasteiger partial charge in [-0.3, -0.25) is 9.89 Å². The minimum atomic E-state index is -0.0871. The number of H-pyrrole nitrogens is 1. The molecule has 0 saturated carbocycles. The summed E-state index contributed by atoms with van der Waals surface area (Å²) in [6, 6.07) is 7.75. The molecule has 12 heteroatoms. The zero-order valence-corrected chi connectivity index (χ0v) is 21.6. The second-order valence-electron chi connectivity index (χ2n) is 10.4. The highest BCUT2D eigenvalue weighted by atomic mass is 16.5. The molecule has 3 aliphatic rings. The predicted octanol–water partition coefficient (Wildman–Crippen LogP) is 1.26. The molecular weight excluding hydrogens is 484 g/mol. The number of nitrogens with zero attached hydrogens (tertiary/aromatic N) is 7. The van der Waals surface area contributed by atoms with E-state index in [-0.39, 0.29) is 30.0 Å². The van der Waals surface area contributed by atoms with E-state index >= 15 is 0 Å². The van der Waals surface area contributed by atoms with Gasteiger partial charge in [0.05, 0.1) is 48.5 Å². The van der Waals surface area contributed by atoms with Crippen molar-refractivity contribution in [2.24, 2.45) is 11.1 Å². The fourth-order valence-corrected chi connectivity index (χ4v) is 5.95. The van der Waals surface area contributed by atoms with Gasteiger partial charge in [0.1, 0.15) is 5.82 Å². The first-order chi connectivity index (χ1) is 18.4. The summed E-state index contributed by atoms with van der Waals surface area (Å²) in [7, 11) is 1.62. The molecule has 0 bridgehead atoms. The molecule has 1 aromatic carbocycles. The Morgan fingerprint density at radius 3 is 2.82 bits per heavy atom. The minimum absolute atomic E-state index is 0.0490. The van der Waals surface area contributed by atoms with Gasteiger partial charge in [-0.05, 0) is 38.0 Å². The molecule has 0 unspecified atom stereocenters. The van der Waals surface area contributed by atoms with Crippen molar-refractivity contribution in [3.05, 3.63) is 30.0 Å². The molecule has 3 aliphatic heterocycles. The molecule has 6 rings (SSSR count). The first-order valence-corrected chi connectivity index (χ1v) is 13.0. The Bertz CT molecular complexity index is 1410. The molecule has 38 heavy (non-hydrogen) atoms. The number of nitriles is 1. The van der Waals surface area contributed by atoms with Gasteiger partial charge in [0.25, 0.3) is 0 Å². The second-order valence-corrected chi connectivity index (χ2v) is 10.4. The number of nitrogens with two attached hydrogens (primary N) is 1. The number of aromatic nitrogens is 4. The number of anilines is 4. The number of likely N-dealkylation sites (N-methyl/N-ethyl adjacent to an activating group) is 1. The third kappa shape index (κ3) is 3.99. The minimum Gasteiger partial charge on any atom is -0.376 e. The lowest BCUT2D eigenvalue weighted by Crippen LogP contribution is -2.50. The Labute approximate surface area is 220 Å². The Hall–Kier alpha value is -3.95. The molecule has 5 heterocycles. The van der Waals surface area contributed by atoms with Crippen LogP contribution in [0.4, 0.5) is 23.0 Å². The first-order valence-electron chi connectivity index (χ1n) is 13.0. The number of benzene rings is 1. The number of fused-ring (bicyclic) bond motifs is 2. The van der Waals surface area contributed by atoms with Crippen LogP contribution in [0.25, 0.3) is 11.2 Å². The zero-order valence-electron chi connectivity index (χ0n) is 21.6. The Balaban J connectivity index is 1.26. The summed E-state index contributed by atoms with van der Waals surface area (Å²) in [6.45, 7) is 5.90. The zero-order chi connectivity index (χ0) is 26.4. The average molecular weight is 517 g/mol. The molecule has 2 saturated heterocycles. The molecule has 12 nitrogen and oxygen atoms in total. The van der Waals surface area contributed by atoms with Gasteiger partial charge in [-0.1, -0.05) is 0 Å². The molecule has 3 aromatic rings. The number of carbonyl (C=O) groups excluding carboxylic acids is 1. The Morgan fingerprint density at radius 2 is 2.11 bits per heavy atom. The summed E-state index contributed by atoms with van der Waals surface area (Å²) in [5, 5.41) is 19.8. The fraction of sp³-hybridized carbons (Fsp3) is 0.500. The van der Waals surface area contributed by atoms with Gasteiger partial charge in [-0.15, -0.1) is 0 Å². The normalized spacial score (nSPS) is 22.5. The summed E-state index contributed by atoms with van der Waals surface area (Å²) in [4.78, 5) is 28.1. The van der Waals surface area contributed by atoms with Crippen molar-refractivity contribution in [3.8, 4) is 6.07 Å². The van der Waals surface area contributed by atoms with Crippen molar-refractivity contribution < 1.29 is 9.53 Å². The highest BCUT2D eigenvalue weighted by Crippen LogP contribution is 2.42. The maximum Gasteiger partial charge on any atom is 0.239 e. The van der Waals surface area contributed by atoms with Gasteiger partial charge in [-0.2, -0.15) is 10.4 Å². The smallest absolute Gasteiger partial charge is 0.239 e. The van der Waals surface area contributed by atoms with Crippen molar-refractivity contribution >= 4 is 40.1 Å². The van der Waals surface area contributed by atoms with Crippen LogP contribution >= 0.6 is 0 Å². The van der Waals surface area contributed by atoms with Crippen LogP contribution in [0.3, 0.4) is 0 Å². The second kappa shape index (κ2) is 9.41. The molecule has 1 spiro atoms. The van der Waals surface area contributed by atoms with Gasteiger partial charge in [-0.25, -0.2) is 9.97 Å². The summed E-state index contributed by atoms with van der Waals surface area (Å²) in [5.41, 5.74) is 10.0. The van der Waals surface area contributed by atoms with Crippen LogP contribution < -0.4 is 25.8 Å². The van der Waals surface area contributed by atoms with Crippen molar-refractivity contribution in [2.45, 2.75) is 31.9 Å². The van der Waals surface area contributed by atoms with Crippen molar-refractivity contribution in [2.75, 3.05) is 61.1 Å². The largest absolute Gasteiger partial charge is 0.376 e. The lowest BCUT2D eigenvalue weighted by atomic mass is 9.73. The van der Waals surface area contributed by atoms with E-state index in [1.807, 2.05) is 23.2 Å². The van der Waals surface area contributed by atoms with E-state index in [2.05, 4.69) is 38.3 Å². The van der Waals surface area contributed by atoms with Gasteiger partial charge in [0.15, 0.2) is 17.0 Å². The highest BCUT2D eigenvalue weighted by molar-refractivity contribution is 5.92. The highest BCUT2D eigenvalue weighted by Gasteiger charge is 2.47. The number of hydrogen-bond acceptors (Lipinski definition) is 10. The van der Waals surface area contributed by atoms with E-state index in [0.29, 0.717) is 35.6 Å². The summed E-state index contributed by atoms with van der Waals surface area (Å²) >= 11 is 0. The lowest BCUT2D eigenvalue weighted by Gasteiger charge is -2.41. The van der Waals surface area contributed by atoms with Crippen LogP contribution in [-0.2, 0) is 9.53 Å². The summed E-state index contributed by atoms with van der Waals surface area (Å²) in [6.07, 6.45) is 3.85. The Morgan fingerprint density at radius 1 is 1.29 bits per heavy atom. The number of carbonyl (C=O) groups is 1. The van der Waals surface area contributed by atoms with E-state index < -0.39 is 0 Å². The number of hydrogen-bond donors (Lipinski definition) is 3. The molecule has 0 aliphatic carbocycles. The number of nitrogens with one attached hydrogen (secondary N) is 2. The number of amides is 1. The topological polar surface area (TPSA) is 152 Å². The monoisotopic (exact) mass is 516 g/mol. The maximum absolute atomic E-state index is 12.1. The van der Waals surface area contributed by atoms with Crippen molar-refractivity contribution in [3.63, 3.8) is 0 Å². The Kier molecular flexibility index (Phi) is 6.04. The van der Waals surface area contributed by atoms with Gasteiger partial charge < -0.3 is 30.5 Å². The van der Waals surface area contributed by atoms with Crippen LogP contribution in [0.15, 0.2) is 24.4 Å². The van der Waals surface area contributed by atoms with Crippen LogP contribution in [0.1, 0.15) is 25.3 Å². The molecule has 0 radical (unpaired) electrons. The molecule has 4 N–H and O–H groups in total. The van der Waals surface area contributed by atoms with Crippen molar-refractivity contribution in [1.82, 2.24) is 25.5 Å². The van der Waals surface area contributed by atoms with Crippen LogP contribution in [0.5, 0.6) is 0 Å². The standard InChI is InChI=1S/C26H32N10O2/c1-16-23(28)26(15-38-16)5-7-34(8-6-26)20-13-30-22-24(31-20)32-33-25(22)36-10-9-35(14-21(37)29-2)19-11-17(12-27)3-4-18(19)36/h3-4,11,13,16,23H,5-10,14-15,28H2,1-2H3,(H,29,37)(H,31,32,33)/t16-,23+/m0/s1. The third-order valence-electron chi connectivity index (χ3n) is 8.37. The number of ether oxygens (including phenoxy) is 1. The van der Waals surface area contributed by atoms with Crippen LogP contribution in [-0.4, -0.2) is 84.6 Å². The summed E-state index contributed by atoms with van der Waals surface area (Å²) in [5.74, 6) is 1.40. The lowest BCUT2D eigenvalue weighted by molar-refractivity contribution is -0.119. The molecule has 198 valence electrons. The SMILES string of the molecule is CNC(=O)CN1CCN(c2n[nH]c3nc(N4CCC5(CC4)CO[C@@H](C)[C@H]5N)cnc23)c2ccc(C#N)cc21. The van der Waals surface area contributed by atoms with E-state index in [9.17, 15) is 10.1 Å². The van der Waals surface area contributed by atoms with Gasteiger partial charge in [0.2, 0.25) is 5.91 Å². The quantitative estimate of drug-likeness (QED) is 0.462. The van der Waals surface area contributed by atoms with Crippen LogP contribution in [0.2, 0.25) is 0 Å². The average Bonchev–Trinajstić information content (AvgIpc) is 3.49. The van der Waals surface area contributed by atoms with E-state index in [0.717, 1.165) is 49.7 Å². The van der Waals surface area contributed by atoms with Gasteiger partial charge >= 0.3 is 0 Å².